The Morgan fingerprint density at radius 3 is 1.32 bits per heavy atom. The molecule has 0 saturated carbocycles. The first kappa shape index (κ1) is 53.4. The van der Waals surface area contributed by atoms with Crippen molar-refractivity contribution in [3.8, 4) is 124 Å². The number of nitrogens with zero attached hydrogens (tertiary/aromatic N) is 5. The summed E-state index contributed by atoms with van der Waals surface area (Å²) in [7, 11) is 0. The van der Waals surface area contributed by atoms with Gasteiger partial charge in [0, 0.05) is 65.3 Å². The second-order valence-electron chi connectivity index (χ2n) is 24.8. The van der Waals surface area contributed by atoms with Crippen LogP contribution < -0.4 is 9.47 Å². The maximum Gasteiger partial charge on any atom is 0.164 e. The molecule has 1 atom stereocenters. The van der Waals surface area contributed by atoms with Gasteiger partial charge in [-0.25, -0.2) is 19.9 Å². The lowest BCUT2D eigenvalue weighted by atomic mass is 9.65. The highest BCUT2D eigenvalue weighted by Crippen LogP contribution is 2.66. The highest BCUT2D eigenvalue weighted by molar-refractivity contribution is 7.26. The summed E-state index contributed by atoms with van der Waals surface area (Å²) < 4.78 is 16.8. The predicted octanol–water partition coefficient (Wildman–Crippen LogP) is 21.6. The van der Waals surface area contributed by atoms with Crippen molar-refractivity contribution < 1.29 is 9.47 Å². The molecular formula is C87H51N5O2S. The predicted molar refractivity (Wildman–Crippen MR) is 381 cm³/mol. The molecule has 12 aromatic carbocycles. The quantitative estimate of drug-likeness (QED) is 0.157. The number of hydrogen-bond acceptors (Lipinski definition) is 8. The summed E-state index contributed by atoms with van der Waals surface area (Å²) in [5.74, 6) is 4.23. The highest BCUT2D eigenvalue weighted by Gasteiger charge is 2.54. The third-order valence-corrected chi connectivity index (χ3v) is 21.1. The molecular weight excluding hydrogens is 1180 g/mol. The van der Waals surface area contributed by atoms with E-state index in [9.17, 15) is 0 Å². The van der Waals surface area contributed by atoms with Gasteiger partial charge in [0.2, 0.25) is 0 Å². The first-order valence-corrected chi connectivity index (χ1v) is 32.9. The number of para-hydroxylation sites is 4. The van der Waals surface area contributed by atoms with Crippen LogP contribution in [0, 0.1) is 0 Å². The lowest BCUT2D eigenvalue weighted by molar-refractivity contribution is 0.437. The molecule has 2 aliphatic heterocycles. The van der Waals surface area contributed by atoms with Crippen molar-refractivity contribution in [2.75, 3.05) is 0 Å². The van der Waals surface area contributed by atoms with Crippen LogP contribution in [0.25, 0.3) is 121 Å². The fourth-order valence-electron chi connectivity index (χ4n) is 16.1. The Kier molecular flexibility index (Phi) is 11.6. The molecule has 16 aromatic rings. The van der Waals surface area contributed by atoms with Crippen LogP contribution in [0.5, 0.6) is 23.0 Å². The van der Waals surface area contributed by atoms with E-state index in [4.69, 9.17) is 34.4 Å². The van der Waals surface area contributed by atoms with E-state index in [2.05, 4.69) is 255 Å². The normalized spacial score (nSPS) is 14.6. The van der Waals surface area contributed by atoms with Gasteiger partial charge >= 0.3 is 0 Å². The molecule has 0 fully saturated rings. The first-order valence-electron chi connectivity index (χ1n) is 32.1. The first-order chi connectivity index (χ1) is 47.1. The van der Waals surface area contributed by atoms with Gasteiger partial charge in [0.05, 0.1) is 50.4 Å². The molecule has 2 spiro atoms. The standard InChI is InChI=1S/C87H51N5O2S/c1-3-23-52(24-4-1)72-50-74(91-84(89-72)61-32-20-40-69-82(61)93-76-43-15-13-37-66(76)86(69)63-34-10-7-27-55(63)56-28-8-11-35-64(56)86)54-46-47-60-79(49-54)95-78-45-22-31-58(81(60)78)57-30-19-39-68-80(57)59-29-9-12-36-65(59)87(68)67-38-14-16-44-77(67)94-83-62(33-21-41-70(83)87)85-90-73(53-25-5-2-6-26-53)51-75(92-85)71-42-17-18-48-88-71/h1-51H. The number of pyridine rings is 1. The van der Waals surface area contributed by atoms with Crippen LogP contribution in [-0.2, 0) is 10.8 Å². The SMILES string of the molecule is c1ccc(-c2cc(-c3ccc4c(c3)sc3cccc(-c5cccc6c5-c5ccccc5C65c6ccccc6Oc6c(-c7nc(-c8ccccc8)cc(-c8ccccn8)n7)cccc65)c34)nc(-c3cccc4c3Oc3ccccc3C43c4ccccc4-c4ccccc43)n2)cc1. The van der Waals surface area contributed by atoms with Gasteiger partial charge in [-0.3, -0.25) is 4.98 Å². The summed E-state index contributed by atoms with van der Waals surface area (Å²) in [5.41, 5.74) is 23.4. The lowest BCUT2D eigenvalue weighted by Crippen LogP contribution is -2.32. The van der Waals surface area contributed by atoms with Gasteiger partial charge in [-0.1, -0.05) is 243 Å². The summed E-state index contributed by atoms with van der Waals surface area (Å²) in [6, 6.07) is 108. The summed E-state index contributed by atoms with van der Waals surface area (Å²) >= 11 is 1.82. The Bertz CT molecular complexity index is 5780. The lowest BCUT2D eigenvalue weighted by Gasteiger charge is -2.40. The average molecular weight is 1230 g/mol. The van der Waals surface area contributed by atoms with Crippen LogP contribution in [0.15, 0.2) is 310 Å². The van der Waals surface area contributed by atoms with Crippen molar-refractivity contribution in [3.63, 3.8) is 0 Å². The van der Waals surface area contributed by atoms with E-state index in [1.54, 1.807) is 6.20 Å². The van der Waals surface area contributed by atoms with Crippen LogP contribution in [0.1, 0.15) is 44.5 Å². The molecule has 0 amide bonds. The zero-order valence-electron chi connectivity index (χ0n) is 50.9. The summed E-state index contributed by atoms with van der Waals surface area (Å²) in [4.78, 5) is 26.4. The van der Waals surface area contributed by atoms with Crippen molar-refractivity contribution >= 4 is 31.5 Å². The molecule has 0 bridgehead atoms. The molecule has 20 rings (SSSR count). The van der Waals surface area contributed by atoms with E-state index in [1.165, 1.54) is 65.5 Å². The van der Waals surface area contributed by atoms with Crippen LogP contribution in [0.4, 0.5) is 0 Å². The minimum Gasteiger partial charge on any atom is -0.456 e. The molecule has 0 saturated heterocycles. The number of benzene rings is 12. The van der Waals surface area contributed by atoms with E-state index < -0.39 is 10.8 Å². The minimum absolute atomic E-state index is 0.557. The number of ether oxygens (including phenoxy) is 2. The Labute approximate surface area is 551 Å². The van der Waals surface area contributed by atoms with Crippen molar-refractivity contribution in [1.82, 2.24) is 24.9 Å². The highest BCUT2D eigenvalue weighted by atomic mass is 32.1. The monoisotopic (exact) mass is 1230 g/mol. The molecule has 2 aliphatic carbocycles. The number of thiophene rings is 1. The zero-order valence-corrected chi connectivity index (χ0v) is 51.7. The molecule has 442 valence electrons. The maximum absolute atomic E-state index is 7.25. The van der Waals surface area contributed by atoms with Gasteiger partial charge in [0.25, 0.3) is 0 Å². The second-order valence-corrected chi connectivity index (χ2v) is 25.9. The Morgan fingerprint density at radius 1 is 0.274 bits per heavy atom. The number of hydrogen-bond donors (Lipinski definition) is 0. The van der Waals surface area contributed by atoms with Crippen LogP contribution in [-0.4, -0.2) is 24.9 Å². The van der Waals surface area contributed by atoms with Gasteiger partial charge in [-0.15, -0.1) is 11.3 Å². The van der Waals surface area contributed by atoms with Crippen LogP contribution in [0.2, 0.25) is 0 Å². The Balaban J connectivity index is 0.746. The van der Waals surface area contributed by atoms with E-state index in [0.717, 1.165) is 112 Å². The molecule has 1 unspecified atom stereocenters. The third-order valence-electron chi connectivity index (χ3n) is 19.9. The smallest absolute Gasteiger partial charge is 0.164 e. The molecule has 6 heterocycles. The Morgan fingerprint density at radius 2 is 0.716 bits per heavy atom. The molecule has 0 N–H and O–H groups in total. The number of aromatic nitrogens is 5. The molecule has 8 heteroatoms. The molecule has 4 aromatic heterocycles. The van der Waals surface area contributed by atoms with E-state index in [0.29, 0.717) is 11.6 Å². The molecule has 4 aliphatic rings. The van der Waals surface area contributed by atoms with E-state index >= 15 is 0 Å². The van der Waals surface area contributed by atoms with Crippen molar-refractivity contribution in [2.24, 2.45) is 0 Å². The summed E-state index contributed by atoms with van der Waals surface area (Å²) in [5, 5.41) is 2.40. The zero-order chi connectivity index (χ0) is 62.3. The number of fused-ring (bicyclic) bond motifs is 21. The van der Waals surface area contributed by atoms with Crippen molar-refractivity contribution in [3.05, 3.63) is 354 Å². The molecule has 7 nitrogen and oxygen atoms in total. The summed E-state index contributed by atoms with van der Waals surface area (Å²) in [6.45, 7) is 0. The van der Waals surface area contributed by atoms with E-state index in [1.807, 2.05) is 59.9 Å². The van der Waals surface area contributed by atoms with Crippen molar-refractivity contribution in [1.29, 1.82) is 0 Å². The fourth-order valence-corrected chi connectivity index (χ4v) is 17.2. The topological polar surface area (TPSA) is 82.9 Å². The third kappa shape index (κ3) is 7.71. The fraction of sp³-hybridized carbons (Fsp3) is 0.0230. The van der Waals surface area contributed by atoms with Crippen LogP contribution in [0.3, 0.4) is 0 Å². The van der Waals surface area contributed by atoms with Gasteiger partial charge < -0.3 is 9.47 Å². The minimum atomic E-state index is -0.776. The van der Waals surface area contributed by atoms with Crippen molar-refractivity contribution in [2.45, 2.75) is 10.8 Å². The largest absolute Gasteiger partial charge is 0.456 e. The van der Waals surface area contributed by atoms with E-state index in [-0.39, 0.29) is 0 Å². The van der Waals surface area contributed by atoms with Crippen LogP contribution >= 0.6 is 11.3 Å². The molecule has 95 heavy (non-hydrogen) atoms. The second kappa shape index (κ2) is 20.6. The Hall–Kier alpha value is -12.2. The van der Waals surface area contributed by atoms with Gasteiger partial charge in [-0.05, 0) is 116 Å². The van der Waals surface area contributed by atoms with Gasteiger partial charge in [-0.2, -0.15) is 0 Å². The summed E-state index contributed by atoms with van der Waals surface area (Å²) in [6.07, 6.45) is 1.81. The average Bonchev–Trinajstić information content (AvgIpc) is 1.56. The maximum atomic E-state index is 7.25. The number of rotatable bonds is 7. The van der Waals surface area contributed by atoms with Gasteiger partial charge in [0.1, 0.15) is 23.0 Å². The molecule has 0 radical (unpaired) electrons. The van der Waals surface area contributed by atoms with Gasteiger partial charge in [0.15, 0.2) is 11.6 Å².